The minimum absolute atomic E-state index is 0.346. The highest BCUT2D eigenvalue weighted by Gasteiger charge is 2.26. The van der Waals surface area contributed by atoms with Crippen LogP contribution >= 0.6 is 0 Å². The standard InChI is InChI=1S/C16H28N2O2S/c1-6-12(3)11-18(7-2)21(19,20)16-9-15(10-17)8-13(4)14(16)5/h8-9,12H,6-7,10-11,17H2,1-5H3. The number of nitrogens with two attached hydrogens (primary N) is 1. The van der Waals surface area contributed by atoms with Crippen molar-refractivity contribution in [2.75, 3.05) is 13.1 Å². The number of sulfonamides is 1. The third-order valence-corrected chi connectivity index (χ3v) is 6.16. The van der Waals surface area contributed by atoms with Crippen molar-refractivity contribution in [2.45, 2.75) is 52.5 Å². The van der Waals surface area contributed by atoms with Gasteiger partial charge in [0.2, 0.25) is 10.0 Å². The number of nitrogens with zero attached hydrogens (tertiary/aromatic N) is 1. The lowest BCUT2D eigenvalue weighted by atomic mass is 10.1. The summed E-state index contributed by atoms with van der Waals surface area (Å²) < 4.78 is 27.5. The zero-order chi connectivity index (χ0) is 16.2. The van der Waals surface area contributed by atoms with Crippen molar-refractivity contribution in [1.29, 1.82) is 0 Å². The van der Waals surface area contributed by atoms with Crippen molar-refractivity contribution in [3.8, 4) is 0 Å². The Bertz CT molecular complexity index is 582. The second kappa shape index (κ2) is 7.38. The van der Waals surface area contributed by atoms with Crippen LogP contribution in [-0.2, 0) is 16.6 Å². The molecule has 0 amide bonds. The van der Waals surface area contributed by atoms with Gasteiger partial charge in [-0.3, -0.25) is 0 Å². The van der Waals surface area contributed by atoms with Crippen molar-refractivity contribution in [2.24, 2.45) is 11.7 Å². The summed E-state index contributed by atoms with van der Waals surface area (Å²) in [6, 6.07) is 3.68. The van der Waals surface area contributed by atoms with Gasteiger partial charge < -0.3 is 5.73 Å². The van der Waals surface area contributed by atoms with Crippen LogP contribution in [0.15, 0.2) is 17.0 Å². The van der Waals surface area contributed by atoms with Crippen LogP contribution in [0, 0.1) is 19.8 Å². The lowest BCUT2D eigenvalue weighted by molar-refractivity contribution is 0.361. The van der Waals surface area contributed by atoms with E-state index in [-0.39, 0.29) is 0 Å². The molecule has 21 heavy (non-hydrogen) atoms. The molecule has 0 heterocycles. The summed E-state index contributed by atoms with van der Waals surface area (Å²) in [5.74, 6) is 0.346. The number of hydrogen-bond acceptors (Lipinski definition) is 3. The Morgan fingerprint density at radius 2 is 1.86 bits per heavy atom. The third kappa shape index (κ3) is 4.05. The van der Waals surface area contributed by atoms with Crippen LogP contribution in [0.25, 0.3) is 0 Å². The normalized spacial score (nSPS) is 13.7. The summed E-state index contributed by atoms with van der Waals surface area (Å²) in [4.78, 5) is 0.396. The van der Waals surface area contributed by atoms with E-state index >= 15 is 0 Å². The molecule has 0 fully saturated rings. The van der Waals surface area contributed by atoms with E-state index in [9.17, 15) is 8.42 Å². The summed E-state index contributed by atoms with van der Waals surface area (Å²) in [7, 11) is -3.46. The fraction of sp³-hybridized carbons (Fsp3) is 0.625. The number of rotatable bonds is 7. The quantitative estimate of drug-likeness (QED) is 0.842. The molecule has 1 atom stereocenters. The molecule has 1 rings (SSSR count). The zero-order valence-corrected chi connectivity index (χ0v) is 14.6. The predicted octanol–water partition coefficient (Wildman–Crippen LogP) is 2.82. The Labute approximate surface area is 129 Å². The van der Waals surface area contributed by atoms with Gasteiger partial charge >= 0.3 is 0 Å². The maximum Gasteiger partial charge on any atom is 0.243 e. The maximum absolute atomic E-state index is 12.9. The zero-order valence-electron chi connectivity index (χ0n) is 13.8. The average molecular weight is 312 g/mol. The Kier molecular flexibility index (Phi) is 6.38. The predicted molar refractivity (Wildman–Crippen MR) is 87.7 cm³/mol. The molecule has 1 aromatic rings. The van der Waals surface area contributed by atoms with E-state index in [2.05, 4.69) is 13.8 Å². The number of hydrogen-bond donors (Lipinski definition) is 1. The Balaban J connectivity index is 3.31. The SMILES string of the molecule is CCC(C)CN(CC)S(=O)(=O)c1cc(CN)cc(C)c1C. The summed E-state index contributed by atoms with van der Waals surface area (Å²) >= 11 is 0. The molecule has 0 saturated carbocycles. The van der Waals surface area contributed by atoms with Crippen LogP contribution in [0.2, 0.25) is 0 Å². The van der Waals surface area contributed by atoms with Crippen molar-refractivity contribution < 1.29 is 8.42 Å². The van der Waals surface area contributed by atoms with Crippen LogP contribution in [0.5, 0.6) is 0 Å². The van der Waals surface area contributed by atoms with Crippen LogP contribution in [-0.4, -0.2) is 25.8 Å². The van der Waals surface area contributed by atoms with Gasteiger partial charge in [0.25, 0.3) is 0 Å². The Morgan fingerprint density at radius 3 is 2.33 bits per heavy atom. The molecule has 0 bridgehead atoms. The molecule has 5 heteroatoms. The van der Waals surface area contributed by atoms with Gasteiger partial charge in [-0.05, 0) is 42.5 Å². The van der Waals surface area contributed by atoms with Crippen molar-refractivity contribution in [3.63, 3.8) is 0 Å². The van der Waals surface area contributed by atoms with Gasteiger partial charge in [-0.15, -0.1) is 0 Å². The molecule has 120 valence electrons. The van der Waals surface area contributed by atoms with Gasteiger partial charge in [-0.2, -0.15) is 4.31 Å². The van der Waals surface area contributed by atoms with Gasteiger partial charge in [-0.1, -0.05) is 33.3 Å². The van der Waals surface area contributed by atoms with Gasteiger partial charge in [0.1, 0.15) is 0 Å². The number of benzene rings is 1. The van der Waals surface area contributed by atoms with Gasteiger partial charge in [-0.25, -0.2) is 8.42 Å². The molecule has 1 aromatic carbocycles. The maximum atomic E-state index is 12.9. The second-order valence-corrected chi connectivity index (χ2v) is 7.62. The molecule has 0 radical (unpaired) electrons. The first-order valence-corrected chi connectivity index (χ1v) is 9.02. The lowest BCUT2D eigenvalue weighted by Gasteiger charge is -2.25. The summed E-state index contributed by atoms with van der Waals surface area (Å²) in [6.45, 7) is 11.2. The van der Waals surface area contributed by atoms with Crippen molar-refractivity contribution >= 4 is 10.0 Å². The van der Waals surface area contributed by atoms with E-state index in [0.717, 1.165) is 23.1 Å². The molecule has 0 spiro atoms. The molecule has 4 nitrogen and oxygen atoms in total. The first kappa shape index (κ1) is 18.1. The average Bonchev–Trinajstić information content (AvgIpc) is 2.46. The van der Waals surface area contributed by atoms with Gasteiger partial charge in [0, 0.05) is 19.6 Å². The Hall–Kier alpha value is -0.910. The molecule has 2 N–H and O–H groups in total. The molecule has 0 aliphatic carbocycles. The minimum Gasteiger partial charge on any atom is -0.326 e. The first-order valence-electron chi connectivity index (χ1n) is 7.58. The van der Waals surface area contributed by atoms with Crippen LogP contribution in [0.4, 0.5) is 0 Å². The van der Waals surface area contributed by atoms with Crippen molar-refractivity contribution in [3.05, 3.63) is 28.8 Å². The fourth-order valence-corrected chi connectivity index (χ4v) is 4.21. The largest absolute Gasteiger partial charge is 0.326 e. The van der Waals surface area contributed by atoms with Crippen molar-refractivity contribution in [1.82, 2.24) is 4.31 Å². The first-order chi connectivity index (χ1) is 9.77. The number of aryl methyl sites for hydroxylation is 1. The molecular weight excluding hydrogens is 284 g/mol. The minimum atomic E-state index is -3.46. The summed E-state index contributed by atoms with van der Waals surface area (Å²) in [5, 5.41) is 0. The smallest absolute Gasteiger partial charge is 0.243 e. The van der Waals surface area contributed by atoms with Crippen LogP contribution in [0.3, 0.4) is 0 Å². The second-order valence-electron chi connectivity index (χ2n) is 5.71. The fourth-order valence-electron chi connectivity index (χ4n) is 2.30. The summed E-state index contributed by atoms with van der Waals surface area (Å²) in [6.07, 6.45) is 0.965. The van der Waals surface area contributed by atoms with E-state index in [4.69, 9.17) is 5.73 Å². The molecule has 0 aliphatic rings. The van der Waals surface area contributed by atoms with Crippen LogP contribution in [0.1, 0.15) is 43.9 Å². The third-order valence-electron chi connectivity index (χ3n) is 4.10. The Morgan fingerprint density at radius 1 is 1.24 bits per heavy atom. The molecule has 1 unspecified atom stereocenters. The van der Waals surface area contributed by atoms with E-state index < -0.39 is 10.0 Å². The van der Waals surface area contributed by atoms with E-state index in [0.29, 0.717) is 30.4 Å². The van der Waals surface area contributed by atoms with Crippen LogP contribution < -0.4 is 5.73 Å². The molecule has 0 saturated heterocycles. The summed E-state index contributed by atoms with van der Waals surface area (Å²) in [5.41, 5.74) is 8.32. The molecule has 0 aliphatic heterocycles. The van der Waals surface area contributed by atoms with Gasteiger partial charge in [0.15, 0.2) is 0 Å². The van der Waals surface area contributed by atoms with E-state index in [1.54, 1.807) is 10.4 Å². The molecular formula is C16H28N2O2S. The van der Waals surface area contributed by atoms with E-state index in [1.165, 1.54) is 0 Å². The topological polar surface area (TPSA) is 63.4 Å². The highest BCUT2D eigenvalue weighted by atomic mass is 32.2. The lowest BCUT2D eigenvalue weighted by Crippen LogP contribution is -2.35. The highest BCUT2D eigenvalue weighted by Crippen LogP contribution is 2.25. The molecule has 0 aromatic heterocycles. The van der Waals surface area contributed by atoms with E-state index in [1.807, 2.05) is 26.8 Å². The highest BCUT2D eigenvalue weighted by molar-refractivity contribution is 7.89. The monoisotopic (exact) mass is 312 g/mol. The van der Waals surface area contributed by atoms with Gasteiger partial charge in [0.05, 0.1) is 4.90 Å².